The number of ether oxygens (including phenoxy) is 2. The van der Waals surface area contributed by atoms with E-state index in [1.165, 1.54) is 0 Å². The van der Waals surface area contributed by atoms with E-state index in [2.05, 4.69) is 0 Å². The fourth-order valence-electron chi connectivity index (χ4n) is 3.03. The second-order valence-corrected chi connectivity index (χ2v) is 6.13. The first-order valence-electron chi connectivity index (χ1n) is 8.75. The summed E-state index contributed by atoms with van der Waals surface area (Å²) in [6.45, 7) is 4.14. The zero-order chi connectivity index (χ0) is 17.8. The van der Waals surface area contributed by atoms with Crippen molar-refractivity contribution in [2.45, 2.75) is 38.6 Å². The fourth-order valence-corrected chi connectivity index (χ4v) is 3.03. The Labute approximate surface area is 147 Å². The van der Waals surface area contributed by atoms with Crippen LogP contribution in [0.5, 0.6) is 0 Å². The van der Waals surface area contributed by atoms with Crippen LogP contribution in [0.3, 0.4) is 0 Å². The van der Waals surface area contributed by atoms with Crippen molar-refractivity contribution >= 4 is 11.9 Å². The molecule has 25 heavy (non-hydrogen) atoms. The van der Waals surface area contributed by atoms with Crippen molar-refractivity contribution in [3.63, 3.8) is 0 Å². The molecule has 2 aliphatic rings. The normalized spacial score (nSPS) is 17.6. The van der Waals surface area contributed by atoms with Crippen LogP contribution in [0, 0.1) is 0 Å². The molecule has 1 saturated carbocycles. The molecule has 1 aromatic carbocycles. The van der Waals surface area contributed by atoms with Gasteiger partial charge in [-0.05, 0) is 32.3 Å². The summed E-state index contributed by atoms with van der Waals surface area (Å²) in [7, 11) is 0. The number of carbonyl (C=O) groups is 2. The van der Waals surface area contributed by atoms with Crippen LogP contribution in [-0.2, 0) is 19.1 Å². The zero-order valence-electron chi connectivity index (χ0n) is 14.6. The lowest BCUT2D eigenvalue weighted by molar-refractivity contribution is -0.139. The minimum absolute atomic E-state index is 0.291. The van der Waals surface area contributed by atoms with Gasteiger partial charge in [-0.15, -0.1) is 0 Å². The highest BCUT2D eigenvalue weighted by Crippen LogP contribution is 2.40. The third-order valence-electron chi connectivity index (χ3n) is 4.32. The Bertz CT molecular complexity index is 668. The molecule has 0 bridgehead atoms. The molecular formula is C20H23NO4. The van der Waals surface area contributed by atoms with Crippen molar-refractivity contribution in [2.24, 2.45) is 0 Å². The monoisotopic (exact) mass is 341 g/mol. The summed E-state index contributed by atoms with van der Waals surface area (Å²) in [5, 5.41) is 0. The van der Waals surface area contributed by atoms with Gasteiger partial charge in [0.1, 0.15) is 0 Å². The highest BCUT2D eigenvalue weighted by atomic mass is 16.5. The van der Waals surface area contributed by atoms with E-state index in [4.69, 9.17) is 9.47 Å². The maximum atomic E-state index is 12.6. The lowest BCUT2D eigenvalue weighted by atomic mass is 9.83. The molecular weight excluding hydrogens is 318 g/mol. The Hall–Kier alpha value is -2.56. The Morgan fingerprint density at radius 3 is 1.92 bits per heavy atom. The van der Waals surface area contributed by atoms with E-state index in [0.29, 0.717) is 30.4 Å². The van der Waals surface area contributed by atoms with Gasteiger partial charge in [0.2, 0.25) is 0 Å². The van der Waals surface area contributed by atoms with Crippen LogP contribution in [-0.4, -0.2) is 36.1 Å². The quantitative estimate of drug-likeness (QED) is 0.744. The number of rotatable bonds is 6. The molecule has 3 rings (SSSR count). The molecule has 5 heteroatoms. The van der Waals surface area contributed by atoms with Crippen molar-refractivity contribution in [3.05, 3.63) is 59.4 Å². The first-order valence-corrected chi connectivity index (χ1v) is 8.75. The lowest BCUT2D eigenvalue weighted by Gasteiger charge is -2.30. The maximum absolute atomic E-state index is 12.6. The van der Waals surface area contributed by atoms with Gasteiger partial charge < -0.3 is 14.4 Å². The molecule has 0 aromatic heterocycles. The van der Waals surface area contributed by atoms with Gasteiger partial charge in [0.05, 0.1) is 30.3 Å². The molecule has 0 unspecified atom stereocenters. The van der Waals surface area contributed by atoms with E-state index in [1.54, 1.807) is 13.8 Å². The zero-order valence-corrected chi connectivity index (χ0v) is 14.6. The smallest absolute Gasteiger partial charge is 0.336 e. The number of hydrogen-bond acceptors (Lipinski definition) is 5. The molecule has 0 N–H and O–H groups in total. The Morgan fingerprint density at radius 1 is 0.960 bits per heavy atom. The molecule has 1 heterocycles. The van der Waals surface area contributed by atoms with E-state index in [1.807, 2.05) is 47.6 Å². The summed E-state index contributed by atoms with van der Waals surface area (Å²) in [4.78, 5) is 27.2. The minimum atomic E-state index is -0.478. The summed E-state index contributed by atoms with van der Waals surface area (Å²) in [6, 6.07) is 9.87. The van der Waals surface area contributed by atoms with Crippen LogP contribution in [0.4, 0.5) is 0 Å². The summed E-state index contributed by atoms with van der Waals surface area (Å²) >= 11 is 0. The van der Waals surface area contributed by atoms with Crippen LogP contribution in [0.2, 0.25) is 0 Å². The molecule has 1 aromatic rings. The minimum Gasteiger partial charge on any atom is -0.463 e. The topological polar surface area (TPSA) is 55.8 Å². The van der Waals surface area contributed by atoms with E-state index in [9.17, 15) is 9.59 Å². The van der Waals surface area contributed by atoms with Crippen molar-refractivity contribution in [3.8, 4) is 0 Å². The lowest BCUT2D eigenvalue weighted by Crippen LogP contribution is -2.30. The van der Waals surface area contributed by atoms with Crippen molar-refractivity contribution < 1.29 is 19.1 Å². The Morgan fingerprint density at radius 2 is 1.48 bits per heavy atom. The van der Waals surface area contributed by atoms with Crippen LogP contribution in [0.25, 0.3) is 0 Å². The molecule has 132 valence electrons. The second-order valence-electron chi connectivity index (χ2n) is 6.13. The van der Waals surface area contributed by atoms with E-state index >= 15 is 0 Å². The Balaban J connectivity index is 2.05. The molecule has 1 aliphatic carbocycles. The van der Waals surface area contributed by atoms with Crippen molar-refractivity contribution in [1.29, 1.82) is 0 Å². The number of carbonyl (C=O) groups excluding carboxylic acids is 2. The standard InChI is InChI=1S/C20H23NO4/c1-3-24-19(22)16-12-21(15-10-11-15)13-17(20(23)25-4-2)18(16)14-8-6-5-7-9-14/h5-9,12-13,15,18H,3-4,10-11H2,1-2H3. The summed E-state index contributed by atoms with van der Waals surface area (Å²) in [5.74, 6) is -1.26. The largest absolute Gasteiger partial charge is 0.463 e. The average Bonchev–Trinajstić information content (AvgIpc) is 3.47. The fraction of sp³-hybridized carbons (Fsp3) is 0.400. The van der Waals surface area contributed by atoms with Crippen molar-refractivity contribution in [2.75, 3.05) is 13.2 Å². The summed E-state index contributed by atoms with van der Waals surface area (Å²) in [6.07, 6.45) is 5.76. The molecule has 1 fully saturated rings. The van der Waals surface area contributed by atoms with Gasteiger partial charge in [-0.2, -0.15) is 0 Å². The van der Waals surface area contributed by atoms with E-state index in [0.717, 1.165) is 18.4 Å². The molecule has 0 spiro atoms. The van der Waals surface area contributed by atoms with Gasteiger partial charge in [-0.3, -0.25) is 0 Å². The van der Waals surface area contributed by atoms with Crippen LogP contribution in [0.15, 0.2) is 53.9 Å². The van der Waals surface area contributed by atoms with E-state index in [-0.39, 0.29) is 0 Å². The molecule has 0 amide bonds. The first-order chi connectivity index (χ1) is 12.2. The number of benzene rings is 1. The third-order valence-corrected chi connectivity index (χ3v) is 4.32. The van der Waals surface area contributed by atoms with Crippen LogP contribution in [0.1, 0.15) is 38.2 Å². The molecule has 1 aliphatic heterocycles. The summed E-state index contributed by atoms with van der Waals surface area (Å²) in [5.41, 5.74) is 1.83. The average molecular weight is 341 g/mol. The van der Waals surface area contributed by atoms with Gasteiger partial charge in [0.25, 0.3) is 0 Å². The highest BCUT2D eigenvalue weighted by Gasteiger charge is 2.38. The maximum Gasteiger partial charge on any atom is 0.336 e. The van der Waals surface area contributed by atoms with Gasteiger partial charge in [-0.25, -0.2) is 9.59 Å². The highest BCUT2D eigenvalue weighted by molar-refractivity contribution is 5.98. The number of nitrogens with zero attached hydrogens (tertiary/aromatic N) is 1. The van der Waals surface area contributed by atoms with Crippen molar-refractivity contribution in [1.82, 2.24) is 4.90 Å². The summed E-state index contributed by atoms with van der Waals surface area (Å²) < 4.78 is 10.5. The van der Waals surface area contributed by atoms with Gasteiger partial charge in [0.15, 0.2) is 0 Å². The second kappa shape index (κ2) is 7.55. The molecule has 0 saturated heterocycles. The number of hydrogen-bond donors (Lipinski definition) is 0. The SMILES string of the molecule is CCOC(=O)C1=CN(C2CC2)C=C(C(=O)OCC)C1c1ccccc1. The van der Waals surface area contributed by atoms with Crippen LogP contribution < -0.4 is 0 Å². The van der Waals surface area contributed by atoms with Gasteiger partial charge in [-0.1, -0.05) is 30.3 Å². The third kappa shape index (κ3) is 3.76. The molecule has 0 atom stereocenters. The van der Waals surface area contributed by atoms with Gasteiger partial charge >= 0.3 is 11.9 Å². The van der Waals surface area contributed by atoms with Gasteiger partial charge in [0, 0.05) is 18.4 Å². The Kier molecular flexibility index (Phi) is 5.22. The van der Waals surface area contributed by atoms with E-state index < -0.39 is 17.9 Å². The number of esters is 2. The van der Waals surface area contributed by atoms with Crippen LogP contribution >= 0.6 is 0 Å². The molecule has 0 radical (unpaired) electrons. The first kappa shape index (κ1) is 17.3. The molecule has 5 nitrogen and oxygen atoms in total. The predicted octanol–water partition coefficient (Wildman–Crippen LogP) is 3.14. The predicted molar refractivity (Wildman–Crippen MR) is 93.5 cm³/mol.